The van der Waals surface area contributed by atoms with Gasteiger partial charge in [-0.2, -0.15) is 0 Å². The number of halogens is 1. The molecule has 1 aromatic heterocycles. The number of fused-ring (bicyclic) bond motifs is 1. The van der Waals surface area contributed by atoms with Crippen molar-refractivity contribution >= 4 is 23.2 Å². The SMILES string of the molecule is CCOc1ccccc1N(CC)C(=O)c1nc(-c2ccc(Cl)cc2)n2c1CCCCC2. The Morgan fingerprint density at radius 2 is 1.87 bits per heavy atom. The minimum atomic E-state index is -0.0829. The number of para-hydroxylation sites is 2. The number of ether oxygens (including phenoxy) is 1. The van der Waals surface area contributed by atoms with Gasteiger partial charge in [0.1, 0.15) is 11.6 Å². The smallest absolute Gasteiger partial charge is 0.278 e. The van der Waals surface area contributed by atoms with Crippen LogP contribution < -0.4 is 9.64 Å². The molecule has 6 heteroatoms. The van der Waals surface area contributed by atoms with Crippen molar-refractivity contribution in [2.24, 2.45) is 0 Å². The lowest BCUT2D eigenvalue weighted by molar-refractivity contribution is 0.0982. The van der Waals surface area contributed by atoms with Crippen LogP contribution >= 0.6 is 11.6 Å². The molecule has 0 atom stereocenters. The lowest BCUT2D eigenvalue weighted by atomic mass is 10.1. The fourth-order valence-corrected chi connectivity index (χ4v) is 4.35. The maximum atomic E-state index is 13.8. The predicted octanol–water partition coefficient (Wildman–Crippen LogP) is 6.00. The van der Waals surface area contributed by atoms with Crippen molar-refractivity contribution in [3.8, 4) is 17.1 Å². The lowest BCUT2D eigenvalue weighted by Gasteiger charge is -2.23. The fraction of sp³-hybridized carbons (Fsp3) is 0.360. The number of carbonyl (C=O) groups excluding carboxylic acids is 1. The van der Waals surface area contributed by atoms with Gasteiger partial charge >= 0.3 is 0 Å². The number of benzene rings is 2. The molecule has 2 aromatic carbocycles. The summed E-state index contributed by atoms with van der Waals surface area (Å²) in [6, 6.07) is 15.4. The molecule has 0 radical (unpaired) electrons. The van der Waals surface area contributed by atoms with Crippen LogP contribution in [0.4, 0.5) is 5.69 Å². The van der Waals surface area contributed by atoms with Crippen LogP contribution in [0.3, 0.4) is 0 Å². The van der Waals surface area contributed by atoms with Gasteiger partial charge in [-0.25, -0.2) is 4.98 Å². The van der Waals surface area contributed by atoms with Crippen LogP contribution in [0.15, 0.2) is 48.5 Å². The third-order valence-electron chi connectivity index (χ3n) is 5.69. The number of amides is 1. The minimum absolute atomic E-state index is 0.0829. The number of hydrogen-bond donors (Lipinski definition) is 0. The quantitative estimate of drug-likeness (QED) is 0.475. The van der Waals surface area contributed by atoms with Crippen molar-refractivity contribution in [1.29, 1.82) is 0 Å². The second-order valence-electron chi connectivity index (χ2n) is 7.65. The zero-order valence-electron chi connectivity index (χ0n) is 18.1. The fourth-order valence-electron chi connectivity index (χ4n) is 4.22. The summed E-state index contributed by atoms with van der Waals surface area (Å²) in [5.74, 6) is 1.47. The van der Waals surface area contributed by atoms with Crippen LogP contribution in [0.25, 0.3) is 11.4 Å². The molecule has 0 spiro atoms. The van der Waals surface area contributed by atoms with E-state index in [1.165, 1.54) is 0 Å². The summed E-state index contributed by atoms with van der Waals surface area (Å²) in [6.45, 7) is 5.88. The molecule has 2 heterocycles. The van der Waals surface area contributed by atoms with Gasteiger partial charge in [-0.1, -0.05) is 30.2 Å². The third kappa shape index (κ3) is 4.33. The first-order chi connectivity index (χ1) is 15.1. The van der Waals surface area contributed by atoms with E-state index in [0.717, 1.165) is 55.0 Å². The molecule has 4 rings (SSSR count). The van der Waals surface area contributed by atoms with Gasteiger partial charge in [-0.3, -0.25) is 4.79 Å². The monoisotopic (exact) mass is 437 g/mol. The summed E-state index contributed by atoms with van der Waals surface area (Å²) in [5, 5.41) is 0.687. The Morgan fingerprint density at radius 3 is 2.61 bits per heavy atom. The molecule has 0 unspecified atom stereocenters. The summed E-state index contributed by atoms with van der Waals surface area (Å²) in [4.78, 5) is 20.4. The highest BCUT2D eigenvalue weighted by Crippen LogP contribution is 2.32. The van der Waals surface area contributed by atoms with Crippen molar-refractivity contribution in [1.82, 2.24) is 9.55 Å². The summed E-state index contributed by atoms with van der Waals surface area (Å²) in [5.41, 5.74) is 3.32. The number of hydrogen-bond acceptors (Lipinski definition) is 3. The number of carbonyl (C=O) groups is 1. The topological polar surface area (TPSA) is 47.4 Å². The summed E-state index contributed by atoms with van der Waals surface area (Å²) < 4.78 is 8.02. The zero-order chi connectivity index (χ0) is 21.8. The van der Waals surface area contributed by atoms with Crippen molar-refractivity contribution in [2.75, 3.05) is 18.1 Å². The molecule has 1 amide bonds. The molecule has 0 saturated heterocycles. The Balaban J connectivity index is 1.79. The first kappa shape index (κ1) is 21.4. The number of anilines is 1. The molecule has 1 aliphatic heterocycles. The summed E-state index contributed by atoms with van der Waals surface area (Å²) in [6.07, 6.45) is 4.16. The highest BCUT2D eigenvalue weighted by atomic mass is 35.5. The van der Waals surface area contributed by atoms with Gasteiger partial charge in [0.25, 0.3) is 5.91 Å². The van der Waals surface area contributed by atoms with E-state index in [1.54, 1.807) is 4.90 Å². The third-order valence-corrected chi connectivity index (χ3v) is 5.94. The van der Waals surface area contributed by atoms with Gasteiger partial charge in [-0.15, -0.1) is 0 Å². The second-order valence-corrected chi connectivity index (χ2v) is 8.09. The molecule has 5 nitrogen and oxygen atoms in total. The molecule has 0 bridgehead atoms. The van der Waals surface area contributed by atoms with Gasteiger partial charge in [-0.05, 0) is 69.5 Å². The van der Waals surface area contributed by atoms with Crippen molar-refractivity contribution in [2.45, 2.75) is 46.1 Å². The Labute approximate surface area is 188 Å². The number of nitrogens with zero attached hydrogens (tertiary/aromatic N) is 3. The van der Waals surface area contributed by atoms with Crippen LogP contribution in [-0.2, 0) is 13.0 Å². The van der Waals surface area contributed by atoms with Crippen molar-refractivity contribution in [3.63, 3.8) is 0 Å². The van der Waals surface area contributed by atoms with Crippen molar-refractivity contribution < 1.29 is 9.53 Å². The normalized spacial score (nSPS) is 13.4. The molecular formula is C25H28ClN3O2. The average Bonchev–Trinajstić information content (AvgIpc) is 2.97. The summed E-state index contributed by atoms with van der Waals surface area (Å²) in [7, 11) is 0. The maximum Gasteiger partial charge on any atom is 0.278 e. The number of aromatic nitrogens is 2. The van der Waals surface area contributed by atoms with Crippen LogP contribution in [0, 0.1) is 0 Å². The first-order valence-corrected chi connectivity index (χ1v) is 11.4. The molecular weight excluding hydrogens is 410 g/mol. The average molecular weight is 438 g/mol. The van der Waals surface area contributed by atoms with Gasteiger partial charge in [0.05, 0.1) is 18.0 Å². The van der Waals surface area contributed by atoms with Crippen LogP contribution in [0.5, 0.6) is 5.75 Å². The standard InChI is InChI=1S/C25H28ClN3O2/c1-3-28(20-10-7-8-12-22(20)31-4-2)25(30)23-21-11-6-5-9-17-29(21)24(27-23)18-13-15-19(26)16-14-18/h7-8,10,12-16H,3-6,9,11,17H2,1-2H3. The molecule has 3 aromatic rings. The molecule has 0 fully saturated rings. The van der Waals surface area contributed by atoms with E-state index in [0.29, 0.717) is 29.6 Å². The Kier molecular flexibility index (Phi) is 6.62. The van der Waals surface area contributed by atoms with Gasteiger partial charge < -0.3 is 14.2 Å². The predicted molar refractivity (Wildman–Crippen MR) is 125 cm³/mol. The lowest BCUT2D eigenvalue weighted by Crippen LogP contribution is -2.32. The first-order valence-electron chi connectivity index (χ1n) is 11.0. The van der Waals surface area contributed by atoms with E-state index in [-0.39, 0.29) is 5.91 Å². The Bertz CT molecular complexity index is 1060. The van der Waals surface area contributed by atoms with Gasteiger partial charge in [0.2, 0.25) is 0 Å². The van der Waals surface area contributed by atoms with Gasteiger partial charge in [0, 0.05) is 23.7 Å². The van der Waals surface area contributed by atoms with E-state index in [9.17, 15) is 4.79 Å². The Morgan fingerprint density at radius 1 is 1.10 bits per heavy atom. The Hall–Kier alpha value is -2.79. The zero-order valence-corrected chi connectivity index (χ0v) is 18.9. The van der Waals surface area contributed by atoms with E-state index in [1.807, 2.05) is 62.4 Å². The molecule has 1 aliphatic rings. The number of imidazole rings is 1. The molecule has 162 valence electrons. The second kappa shape index (κ2) is 9.56. The van der Waals surface area contributed by atoms with E-state index < -0.39 is 0 Å². The highest BCUT2D eigenvalue weighted by Gasteiger charge is 2.28. The number of rotatable bonds is 6. The van der Waals surface area contributed by atoms with Crippen LogP contribution in [0.2, 0.25) is 5.02 Å². The highest BCUT2D eigenvalue weighted by molar-refractivity contribution is 6.30. The van der Waals surface area contributed by atoms with Crippen LogP contribution in [0.1, 0.15) is 49.3 Å². The van der Waals surface area contributed by atoms with E-state index >= 15 is 0 Å². The van der Waals surface area contributed by atoms with Crippen molar-refractivity contribution in [3.05, 3.63) is 64.9 Å². The van der Waals surface area contributed by atoms with E-state index in [2.05, 4.69) is 4.57 Å². The molecule has 0 N–H and O–H groups in total. The molecule has 0 saturated carbocycles. The molecule has 31 heavy (non-hydrogen) atoms. The maximum absolute atomic E-state index is 13.8. The molecule has 0 aliphatic carbocycles. The summed E-state index contributed by atoms with van der Waals surface area (Å²) >= 11 is 6.09. The van der Waals surface area contributed by atoms with Gasteiger partial charge in [0.15, 0.2) is 5.69 Å². The minimum Gasteiger partial charge on any atom is -0.492 e. The van der Waals surface area contributed by atoms with Crippen LogP contribution in [-0.4, -0.2) is 28.6 Å². The largest absolute Gasteiger partial charge is 0.492 e. The van der Waals surface area contributed by atoms with E-state index in [4.69, 9.17) is 21.3 Å².